The second kappa shape index (κ2) is 16.9. The van der Waals surface area contributed by atoms with Crippen LogP contribution in [0.2, 0.25) is 0 Å². The number of carboxylic acid groups (broad SMARTS) is 1. The van der Waals surface area contributed by atoms with E-state index >= 15 is 0 Å². The molecule has 6 rings (SSSR count). The molecule has 288 valence electrons. The number of carbonyl (C=O) groups is 1. The summed E-state index contributed by atoms with van der Waals surface area (Å²) in [5, 5.41) is 13.9. The van der Waals surface area contributed by atoms with Gasteiger partial charge in [-0.1, -0.05) is 112 Å². The van der Waals surface area contributed by atoms with Crippen molar-refractivity contribution in [3.8, 4) is 0 Å². The summed E-state index contributed by atoms with van der Waals surface area (Å²) in [6.45, 7) is 10.7. The molecule has 2 aliphatic heterocycles. The molecule has 2 N–H and O–H groups in total. The van der Waals surface area contributed by atoms with E-state index in [2.05, 4.69) is 152 Å². The second-order valence-electron chi connectivity index (χ2n) is 15.9. The van der Waals surface area contributed by atoms with Crippen LogP contribution in [0.15, 0.2) is 121 Å². The number of allylic oxidation sites excluding steroid dienone is 8. The van der Waals surface area contributed by atoms with Gasteiger partial charge in [0.15, 0.2) is 5.71 Å². The Kier molecular flexibility index (Phi) is 12.3. The standard InChI is InChI=1S/C47H54N2O5S/c1-46(2)41(48(32-18-10-6-9-13-27-43(50)51)39-30-28-35-21-14-16-23-37(35)44(39)46)25-11-7-5-8-12-26-42-47(3,4)45-38-24-17-15-22-36(38)29-31-40(45)49(42)33-19-20-34-55(52,53)54/h5,7-8,11-12,14-17,21-26,28-31H,6,9-10,13,18-20,27,32-34H2,1-4H3,(H-,50,51,52,53,54)/p+1. The summed E-state index contributed by atoms with van der Waals surface area (Å²) in [4.78, 5) is 13.2. The number of nitrogens with zero attached hydrogens (tertiary/aromatic N) is 2. The Bertz CT molecular complexity index is 2330. The number of unbranched alkanes of at least 4 members (excludes halogenated alkanes) is 5. The molecule has 0 bridgehead atoms. The van der Waals surface area contributed by atoms with Crippen molar-refractivity contribution in [2.24, 2.45) is 0 Å². The Morgan fingerprint density at radius 3 is 2.04 bits per heavy atom. The van der Waals surface area contributed by atoms with E-state index in [1.54, 1.807) is 0 Å². The minimum Gasteiger partial charge on any atom is -0.481 e. The van der Waals surface area contributed by atoms with Crippen LogP contribution in [0.4, 0.5) is 11.4 Å². The molecular weight excluding hydrogens is 705 g/mol. The molecule has 4 aromatic rings. The van der Waals surface area contributed by atoms with E-state index in [9.17, 15) is 17.8 Å². The third-order valence-electron chi connectivity index (χ3n) is 11.3. The van der Waals surface area contributed by atoms with Crippen molar-refractivity contribution in [1.82, 2.24) is 0 Å². The molecule has 0 fully saturated rings. The molecule has 7 nitrogen and oxygen atoms in total. The molecule has 8 heteroatoms. The van der Waals surface area contributed by atoms with Gasteiger partial charge < -0.3 is 10.0 Å². The lowest BCUT2D eigenvalue weighted by Crippen LogP contribution is -2.28. The molecule has 0 saturated heterocycles. The Labute approximate surface area is 326 Å². The molecule has 4 aromatic carbocycles. The summed E-state index contributed by atoms with van der Waals surface area (Å²) in [6, 6.07) is 25.9. The summed E-state index contributed by atoms with van der Waals surface area (Å²) in [5.74, 6) is -0.956. The maximum Gasteiger partial charge on any atom is 0.303 e. The van der Waals surface area contributed by atoms with Gasteiger partial charge in [-0.15, -0.1) is 0 Å². The molecule has 0 amide bonds. The SMILES string of the molecule is CC1(C)C(=CC=CC=CC=CC2=[N+](CCCCCCCC(=O)O)c3ccc4ccccc4c3C2(C)C)N(CCCCS(=O)(=O)O)c2ccc3ccccc3c21. The van der Waals surface area contributed by atoms with Crippen LogP contribution in [0.5, 0.6) is 0 Å². The lowest BCUT2D eigenvalue weighted by atomic mass is 9.79. The quantitative estimate of drug-likeness (QED) is 0.0481. The second-order valence-corrected chi connectivity index (χ2v) is 17.5. The predicted octanol–water partition coefficient (Wildman–Crippen LogP) is 10.8. The van der Waals surface area contributed by atoms with Crippen LogP contribution in [-0.4, -0.2) is 53.2 Å². The minimum absolute atomic E-state index is 0.194. The predicted molar refractivity (Wildman–Crippen MR) is 228 cm³/mol. The molecule has 0 radical (unpaired) electrons. The topological polar surface area (TPSA) is 97.9 Å². The average Bonchev–Trinajstić information content (AvgIpc) is 3.50. The summed E-state index contributed by atoms with van der Waals surface area (Å²) in [5.41, 5.74) is 6.98. The van der Waals surface area contributed by atoms with E-state index in [0.717, 1.165) is 50.0 Å². The number of hydrogen-bond donors (Lipinski definition) is 2. The Balaban J connectivity index is 1.22. The first-order chi connectivity index (χ1) is 26.3. The summed E-state index contributed by atoms with van der Waals surface area (Å²) in [7, 11) is -4.00. The maximum atomic E-state index is 11.4. The molecule has 55 heavy (non-hydrogen) atoms. The van der Waals surface area contributed by atoms with E-state index in [0.29, 0.717) is 19.4 Å². The Morgan fingerprint density at radius 2 is 1.33 bits per heavy atom. The summed E-state index contributed by atoms with van der Waals surface area (Å²) in [6.07, 6.45) is 20.9. The van der Waals surface area contributed by atoms with Crippen molar-refractivity contribution in [3.05, 3.63) is 132 Å². The smallest absolute Gasteiger partial charge is 0.303 e. The number of anilines is 1. The third kappa shape index (κ3) is 8.87. The van der Waals surface area contributed by atoms with Gasteiger partial charge in [-0.3, -0.25) is 9.35 Å². The van der Waals surface area contributed by atoms with Crippen molar-refractivity contribution in [3.63, 3.8) is 0 Å². The fourth-order valence-electron chi connectivity index (χ4n) is 8.67. The zero-order valence-electron chi connectivity index (χ0n) is 32.7. The first-order valence-corrected chi connectivity index (χ1v) is 21.3. The molecule has 0 aliphatic carbocycles. The van der Waals surface area contributed by atoms with Gasteiger partial charge in [0, 0.05) is 53.9 Å². The van der Waals surface area contributed by atoms with Gasteiger partial charge in [0.1, 0.15) is 6.54 Å². The molecule has 2 aliphatic rings. The van der Waals surface area contributed by atoms with E-state index in [4.69, 9.17) is 5.11 Å². The van der Waals surface area contributed by atoms with Gasteiger partial charge in [0.2, 0.25) is 5.69 Å². The van der Waals surface area contributed by atoms with Crippen LogP contribution in [0.25, 0.3) is 21.5 Å². The van der Waals surface area contributed by atoms with E-state index in [1.807, 2.05) is 0 Å². The first-order valence-electron chi connectivity index (χ1n) is 19.7. The number of carboxylic acids is 1. The van der Waals surface area contributed by atoms with Crippen molar-refractivity contribution >= 4 is 54.7 Å². The Morgan fingerprint density at radius 1 is 0.709 bits per heavy atom. The average molecular weight is 760 g/mol. The van der Waals surface area contributed by atoms with E-state index in [1.165, 1.54) is 44.1 Å². The highest BCUT2D eigenvalue weighted by atomic mass is 32.2. The van der Waals surface area contributed by atoms with Gasteiger partial charge in [-0.25, -0.2) is 0 Å². The zero-order chi connectivity index (χ0) is 39.2. The van der Waals surface area contributed by atoms with Crippen LogP contribution in [0, 0.1) is 0 Å². The van der Waals surface area contributed by atoms with Crippen molar-refractivity contribution < 1.29 is 27.4 Å². The van der Waals surface area contributed by atoms with Gasteiger partial charge in [-0.2, -0.15) is 13.0 Å². The van der Waals surface area contributed by atoms with Crippen LogP contribution in [0.1, 0.15) is 90.2 Å². The molecular formula is C47H55N2O5S+. The molecule has 0 atom stereocenters. The van der Waals surface area contributed by atoms with E-state index < -0.39 is 16.1 Å². The van der Waals surface area contributed by atoms with Crippen LogP contribution < -0.4 is 4.90 Å². The normalized spacial score (nSPS) is 17.2. The number of rotatable bonds is 17. The summed E-state index contributed by atoms with van der Waals surface area (Å²) < 4.78 is 34.6. The largest absolute Gasteiger partial charge is 0.481 e. The molecule has 0 spiro atoms. The number of aliphatic carboxylic acids is 1. The third-order valence-corrected chi connectivity index (χ3v) is 12.1. The number of benzene rings is 4. The molecule has 0 unspecified atom stereocenters. The molecule has 0 aromatic heterocycles. The van der Waals surface area contributed by atoms with Crippen molar-refractivity contribution in [2.75, 3.05) is 23.7 Å². The molecule has 0 saturated carbocycles. The maximum absolute atomic E-state index is 11.4. The molecule has 2 heterocycles. The van der Waals surface area contributed by atoms with Crippen LogP contribution in [-0.2, 0) is 25.7 Å². The minimum atomic E-state index is -4.00. The highest BCUT2D eigenvalue weighted by Gasteiger charge is 2.45. The van der Waals surface area contributed by atoms with E-state index in [-0.39, 0.29) is 23.0 Å². The fraction of sp³-hybridized carbons (Fsp3) is 0.362. The highest BCUT2D eigenvalue weighted by Crippen LogP contribution is 2.51. The van der Waals surface area contributed by atoms with Gasteiger partial charge in [0.25, 0.3) is 10.1 Å². The Hall–Kier alpha value is -4.79. The number of hydrogen-bond acceptors (Lipinski definition) is 4. The monoisotopic (exact) mass is 759 g/mol. The lowest BCUT2D eigenvalue weighted by Gasteiger charge is -2.27. The fourth-order valence-corrected chi connectivity index (χ4v) is 9.24. The van der Waals surface area contributed by atoms with Gasteiger partial charge in [0.05, 0.1) is 11.2 Å². The lowest BCUT2D eigenvalue weighted by molar-refractivity contribution is -0.438. The summed E-state index contributed by atoms with van der Waals surface area (Å²) >= 11 is 0. The number of fused-ring (bicyclic) bond motifs is 6. The first kappa shape index (κ1) is 39.9. The van der Waals surface area contributed by atoms with Crippen molar-refractivity contribution in [1.29, 1.82) is 0 Å². The van der Waals surface area contributed by atoms with Gasteiger partial charge in [-0.05, 0) is 84.8 Å². The van der Waals surface area contributed by atoms with Crippen molar-refractivity contribution in [2.45, 2.75) is 89.9 Å². The van der Waals surface area contributed by atoms with Crippen LogP contribution in [0.3, 0.4) is 0 Å². The van der Waals surface area contributed by atoms with Gasteiger partial charge >= 0.3 is 5.97 Å². The zero-order valence-corrected chi connectivity index (χ0v) is 33.5. The van der Waals surface area contributed by atoms with Crippen LogP contribution >= 0.6 is 0 Å². The highest BCUT2D eigenvalue weighted by molar-refractivity contribution is 7.85.